The third-order valence-electron chi connectivity index (χ3n) is 4.75. The summed E-state index contributed by atoms with van der Waals surface area (Å²) in [6.45, 7) is 2.02. The van der Waals surface area contributed by atoms with Crippen LogP contribution in [-0.2, 0) is 10.0 Å². The SMILES string of the molecule is Cc1ccc2nc(-c3ccc(NS(=O)(=O)c4ccc5oc(=O)[nH]c5c4)cc3)[nH]c2c1. The van der Waals surface area contributed by atoms with Crippen LogP contribution in [0.4, 0.5) is 5.69 Å². The summed E-state index contributed by atoms with van der Waals surface area (Å²) in [5, 5.41) is 0. The minimum Gasteiger partial charge on any atom is -0.408 e. The summed E-state index contributed by atoms with van der Waals surface area (Å²) >= 11 is 0. The van der Waals surface area contributed by atoms with Crippen molar-refractivity contribution in [2.45, 2.75) is 11.8 Å². The van der Waals surface area contributed by atoms with Crippen LogP contribution in [-0.4, -0.2) is 23.4 Å². The number of nitrogens with one attached hydrogen (secondary N) is 3. The lowest BCUT2D eigenvalue weighted by Crippen LogP contribution is -2.12. The van der Waals surface area contributed by atoms with Gasteiger partial charge in [-0.15, -0.1) is 0 Å². The average Bonchev–Trinajstić information content (AvgIpc) is 3.29. The molecule has 30 heavy (non-hydrogen) atoms. The molecule has 0 amide bonds. The number of anilines is 1. The van der Waals surface area contributed by atoms with Crippen LogP contribution < -0.4 is 10.5 Å². The predicted octanol–water partition coefficient (Wildman–Crippen LogP) is 3.77. The van der Waals surface area contributed by atoms with Crippen molar-refractivity contribution in [3.8, 4) is 11.4 Å². The zero-order valence-electron chi connectivity index (χ0n) is 15.8. The van der Waals surface area contributed by atoms with Crippen molar-refractivity contribution in [2.24, 2.45) is 0 Å². The van der Waals surface area contributed by atoms with Gasteiger partial charge in [0.05, 0.1) is 21.4 Å². The van der Waals surface area contributed by atoms with E-state index in [-0.39, 0.29) is 4.90 Å². The van der Waals surface area contributed by atoms with Crippen molar-refractivity contribution in [3.05, 3.63) is 76.8 Å². The number of hydrogen-bond acceptors (Lipinski definition) is 5. The molecule has 0 aliphatic rings. The first-order valence-electron chi connectivity index (χ1n) is 9.10. The highest BCUT2D eigenvalue weighted by Crippen LogP contribution is 2.24. The molecule has 9 heteroatoms. The van der Waals surface area contributed by atoms with E-state index in [9.17, 15) is 13.2 Å². The van der Waals surface area contributed by atoms with E-state index < -0.39 is 15.8 Å². The van der Waals surface area contributed by atoms with E-state index in [1.807, 2.05) is 25.1 Å². The minimum absolute atomic E-state index is 0.0174. The molecule has 0 fully saturated rings. The Bertz CT molecular complexity index is 1560. The maximum atomic E-state index is 12.7. The molecule has 0 aliphatic carbocycles. The molecule has 8 nitrogen and oxygen atoms in total. The largest absolute Gasteiger partial charge is 0.417 e. The molecule has 0 aliphatic heterocycles. The molecule has 0 saturated carbocycles. The van der Waals surface area contributed by atoms with Gasteiger partial charge in [0.2, 0.25) is 0 Å². The van der Waals surface area contributed by atoms with Gasteiger partial charge in [-0.05, 0) is 67.1 Å². The van der Waals surface area contributed by atoms with Gasteiger partial charge in [-0.1, -0.05) is 6.07 Å². The number of aryl methyl sites for hydroxylation is 1. The van der Waals surface area contributed by atoms with E-state index >= 15 is 0 Å². The summed E-state index contributed by atoms with van der Waals surface area (Å²) < 4.78 is 32.8. The molecular formula is C21H16N4O4S. The predicted molar refractivity (Wildman–Crippen MR) is 114 cm³/mol. The fourth-order valence-electron chi connectivity index (χ4n) is 3.27. The minimum atomic E-state index is -3.84. The third-order valence-corrected chi connectivity index (χ3v) is 6.13. The number of hydrogen-bond donors (Lipinski definition) is 3. The van der Waals surface area contributed by atoms with E-state index in [4.69, 9.17) is 4.42 Å². The van der Waals surface area contributed by atoms with Crippen molar-refractivity contribution in [1.29, 1.82) is 0 Å². The van der Waals surface area contributed by atoms with E-state index in [0.717, 1.165) is 22.2 Å². The Hall–Kier alpha value is -3.85. The lowest BCUT2D eigenvalue weighted by molar-refractivity contribution is 0.555. The average molecular weight is 420 g/mol. The van der Waals surface area contributed by atoms with Crippen LogP contribution in [0.2, 0.25) is 0 Å². The van der Waals surface area contributed by atoms with Crippen LogP contribution in [0, 0.1) is 6.92 Å². The first-order chi connectivity index (χ1) is 14.4. The van der Waals surface area contributed by atoms with E-state index in [1.165, 1.54) is 18.2 Å². The summed E-state index contributed by atoms with van der Waals surface area (Å²) in [4.78, 5) is 21.6. The van der Waals surface area contributed by atoms with Gasteiger partial charge in [-0.25, -0.2) is 18.2 Å². The topological polar surface area (TPSA) is 121 Å². The number of oxazole rings is 1. The quantitative estimate of drug-likeness (QED) is 0.409. The van der Waals surface area contributed by atoms with Gasteiger partial charge in [0.25, 0.3) is 10.0 Å². The van der Waals surface area contributed by atoms with Crippen LogP contribution in [0.15, 0.2) is 74.8 Å². The fourth-order valence-corrected chi connectivity index (χ4v) is 4.35. The Balaban J connectivity index is 1.42. The number of imidazole rings is 1. The van der Waals surface area contributed by atoms with E-state index in [1.54, 1.807) is 24.3 Å². The Kier molecular flexibility index (Phi) is 4.00. The second-order valence-corrected chi connectivity index (χ2v) is 8.64. The number of rotatable bonds is 4. The molecule has 3 aromatic carbocycles. The second kappa shape index (κ2) is 6.60. The van der Waals surface area contributed by atoms with Crippen molar-refractivity contribution < 1.29 is 12.8 Å². The van der Waals surface area contributed by atoms with Gasteiger partial charge >= 0.3 is 5.76 Å². The Morgan fingerprint density at radius 1 is 0.933 bits per heavy atom. The monoisotopic (exact) mass is 420 g/mol. The first kappa shape index (κ1) is 18.2. The van der Waals surface area contributed by atoms with Gasteiger partial charge in [0.15, 0.2) is 5.58 Å². The molecular weight excluding hydrogens is 404 g/mol. The summed E-state index contributed by atoms with van der Waals surface area (Å²) in [5.41, 5.74) is 4.81. The smallest absolute Gasteiger partial charge is 0.408 e. The summed E-state index contributed by atoms with van der Waals surface area (Å²) in [6.07, 6.45) is 0. The van der Waals surface area contributed by atoms with E-state index in [2.05, 4.69) is 19.7 Å². The maximum Gasteiger partial charge on any atom is 0.417 e. The van der Waals surface area contributed by atoms with Crippen LogP contribution in [0.5, 0.6) is 0 Å². The molecule has 5 aromatic rings. The molecule has 5 rings (SSSR count). The Morgan fingerprint density at radius 2 is 1.73 bits per heavy atom. The highest BCUT2D eigenvalue weighted by Gasteiger charge is 2.16. The molecule has 2 heterocycles. The van der Waals surface area contributed by atoms with E-state index in [0.29, 0.717) is 22.6 Å². The lowest BCUT2D eigenvalue weighted by Gasteiger charge is -2.08. The zero-order chi connectivity index (χ0) is 20.9. The summed E-state index contributed by atoms with van der Waals surface area (Å²) in [6, 6.07) is 17.1. The first-order valence-corrected chi connectivity index (χ1v) is 10.6. The Morgan fingerprint density at radius 3 is 2.53 bits per heavy atom. The van der Waals surface area contributed by atoms with Crippen LogP contribution in [0.3, 0.4) is 0 Å². The molecule has 0 unspecified atom stereocenters. The molecule has 0 radical (unpaired) electrons. The van der Waals surface area contributed by atoms with Gasteiger partial charge in [-0.2, -0.15) is 0 Å². The fraction of sp³-hybridized carbons (Fsp3) is 0.0476. The molecule has 0 atom stereocenters. The highest BCUT2D eigenvalue weighted by atomic mass is 32.2. The second-order valence-electron chi connectivity index (χ2n) is 6.96. The number of fused-ring (bicyclic) bond motifs is 2. The molecule has 150 valence electrons. The van der Waals surface area contributed by atoms with Crippen molar-refractivity contribution >= 4 is 37.8 Å². The van der Waals surface area contributed by atoms with Crippen molar-refractivity contribution in [2.75, 3.05) is 4.72 Å². The van der Waals surface area contributed by atoms with Gasteiger partial charge in [0, 0.05) is 11.3 Å². The zero-order valence-corrected chi connectivity index (χ0v) is 16.6. The number of sulfonamides is 1. The molecule has 2 aromatic heterocycles. The number of aromatic nitrogens is 3. The van der Waals surface area contributed by atoms with Crippen molar-refractivity contribution in [3.63, 3.8) is 0 Å². The van der Waals surface area contributed by atoms with Crippen LogP contribution in [0.1, 0.15) is 5.56 Å². The summed E-state index contributed by atoms with van der Waals surface area (Å²) in [5.74, 6) is 0.0724. The molecule has 0 bridgehead atoms. The summed E-state index contributed by atoms with van der Waals surface area (Å²) in [7, 11) is -3.84. The van der Waals surface area contributed by atoms with Crippen molar-refractivity contribution in [1.82, 2.24) is 15.0 Å². The number of aromatic amines is 2. The molecule has 3 N–H and O–H groups in total. The number of benzene rings is 3. The molecule has 0 saturated heterocycles. The lowest BCUT2D eigenvalue weighted by atomic mass is 10.2. The Labute approximate surface area is 170 Å². The van der Waals surface area contributed by atoms with Crippen LogP contribution >= 0.6 is 0 Å². The molecule has 0 spiro atoms. The van der Waals surface area contributed by atoms with Crippen LogP contribution in [0.25, 0.3) is 33.5 Å². The number of nitrogens with zero attached hydrogens (tertiary/aromatic N) is 1. The third kappa shape index (κ3) is 3.25. The normalized spacial score (nSPS) is 11.9. The number of H-pyrrole nitrogens is 2. The van der Waals surface area contributed by atoms with Gasteiger partial charge in [-0.3, -0.25) is 9.71 Å². The van der Waals surface area contributed by atoms with Gasteiger partial charge in [0.1, 0.15) is 5.82 Å². The van der Waals surface area contributed by atoms with Gasteiger partial charge < -0.3 is 9.40 Å². The maximum absolute atomic E-state index is 12.7. The standard InChI is InChI=1S/C21H16N4O4S/c1-12-2-8-16-17(10-12)23-20(22-16)13-3-5-14(6-4-13)25-30(27,28)15-7-9-19-18(11-15)24-21(26)29-19/h2-11,25H,1H3,(H,22,23)(H,24,26). The highest BCUT2D eigenvalue weighted by molar-refractivity contribution is 7.92.